The molecule has 0 spiro atoms. The molecule has 1 aliphatic carbocycles. The molecule has 90 valence electrons. The highest BCUT2D eigenvalue weighted by Crippen LogP contribution is 2.38. The van der Waals surface area contributed by atoms with Gasteiger partial charge in [0.1, 0.15) is 6.54 Å². The average Bonchev–Trinajstić information content (AvgIpc) is 2.87. The number of aromatic nitrogens is 5. The van der Waals surface area contributed by atoms with Crippen LogP contribution >= 0.6 is 15.9 Å². The van der Waals surface area contributed by atoms with Crippen LogP contribution in [0.3, 0.4) is 0 Å². The molecule has 1 aliphatic rings. The van der Waals surface area contributed by atoms with Crippen molar-refractivity contribution in [2.45, 2.75) is 37.1 Å². The highest BCUT2D eigenvalue weighted by atomic mass is 79.9. The third-order valence-electron chi connectivity index (χ3n) is 2.69. The Bertz CT molecular complexity index is 478. The summed E-state index contributed by atoms with van der Waals surface area (Å²) in [5, 5.41) is 12.0. The molecule has 1 unspecified atom stereocenters. The first-order chi connectivity index (χ1) is 8.22. The maximum Gasteiger partial charge on any atom is 0.248 e. The monoisotopic (exact) mass is 297 g/mol. The first-order valence-corrected chi connectivity index (χ1v) is 6.50. The normalized spacial score (nSPS) is 17.3. The van der Waals surface area contributed by atoms with Gasteiger partial charge in [-0.3, -0.25) is 0 Å². The summed E-state index contributed by atoms with van der Waals surface area (Å²) in [6.45, 7) is 2.48. The third kappa shape index (κ3) is 2.38. The molecule has 0 amide bonds. The molecule has 0 radical (unpaired) electrons. The van der Waals surface area contributed by atoms with Crippen LogP contribution in [0.5, 0.6) is 0 Å². The zero-order valence-electron chi connectivity index (χ0n) is 9.38. The van der Waals surface area contributed by atoms with Crippen molar-refractivity contribution in [2.75, 3.05) is 0 Å². The highest BCUT2D eigenvalue weighted by molar-refractivity contribution is 9.09. The van der Waals surface area contributed by atoms with E-state index in [0.29, 0.717) is 18.4 Å². The van der Waals surface area contributed by atoms with Gasteiger partial charge in [-0.15, -0.1) is 5.10 Å². The average molecular weight is 298 g/mol. The molecule has 1 saturated carbocycles. The Balaban J connectivity index is 1.71. The lowest BCUT2D eigenvalue weighted by Gasteiger charge is -1.94. The lowest BCUT2D eigenvalue weighted by atomic mass is 10.4. The van der Waals surface area contributed by atoms with E-state index in [1.165, 1.54) is 12.8 Å². The van der Waals surface area contributed by atoms with E-state index >= 15 is 0 Å². The van der Waals surface area contributed by atoms with Gasteiger partial charge in [-0.25, -0.2) is 4.68 Å². The van der Waals surface area contributed by atoms with Gasteiger partial charge in [0, 0.05) is 5.92 Å². The van der Waals surface area contributed by atoms with Crippen molar-refractivity contribution in [2.24, 2.45) is 0 Å². The third-order valence-corrected chi connectivity index (χ3v) is 3.16. The van der Waals surface area contributed by atoms with Gasteiger partial charge in [0.2, 0.25) is 5.89 Å². The maximum absolute atomic E-state index is 5.18. The molecule has 1 atom stereocenters. The van der Waals surface area contributed by atoms with E-state index in [4.69, 9.17) is 4.52 Å². The zero-order valence-corrected chi connectivity index (χ0v) is 11.0. The van der Waals surface area contributed by atoms with Crippen molar-refractivity contribution in [1.29, 1.82) is 0 Å². The van der Waals surface area contributed by atoms with E-state index in [2.05, 4.69) is 36.4 Å². The summed E-state index contributed by atoms with van der Waals surface area (Å²) in [6, 6.07) is 0. The largest absolute Gasteiger partial charge is 0.337 e. The second kappa shape index (κ2) is 4.21. The van der Waals surface area contributed by atoms with E-state index in [-0.39, 0.29) is 4.83 Å². The Morgan fingerprint density at radius 1 is 1.59 bits per heavy atom. The van der Waals surface area contributed by atoms with Crippen molar-refractivity contribution < 1.29 is 4.52 Å². The molecule has 7 heteroatoms. The van der Waals surface area contributed by atoms with Crippen molar-refractivity contribution >= 4 is 15.9 Å². The summed E-state index contributed by atoms with van der Waals surface area (Å²) in [5.41, 5.74) is 0.895. The van der Waals surface area contributed by atoms with Crippen LogP contribution < -0.4 is 0 Å². The van der Waals surface area contributed by atoms with Crippen LogP contribution in [0.1, 0.15) is 47.9 Å². The molecule has 0 aromatic carbocycles. The minimum atomic E-state index is 0.195. The van der Waals surface area contributed by atoms with Crippen molar-refractivity contribution in [1.82, 2.24) is 25.1 Å². The molecule has 3 rings (SSSR count). The van der Waals surface area contributed by atoms with E-state index in [1.807, 2.05) is 13.1 Å². The summed E-state index contributed by atoms with van der Waals surface area (Å²) in [7, 11) is 0. The number of hydrogen-bond donors (Lipinski definition) is 0. The topological polar surface area (TPSA) is 69.6 Å². The van der Waals surface area contributed by atoms with Crippen molar-refractivity contribution in [3.05, 3.63) is 23.6 Å². The number of rotatable bonds is 4. The fourth-order valence-corrected chi connectivity index (χ4v) is 1.76. The van der Waals surface area contributed by atoms with Gasteiger partial charge in [-0.1, -0.05) is 26.3 Å². The summed E-state index contributed by atoms with van der Waals surface area (Å²) in [6.07, 6.45) is 4.22. The minimum Gasteiger partial charge on any atom is -0.337 e. The second-order valence-corrected chi connectivity index (χ2v) is 5.65. The Hall–Kier alpha value is -1.24. The number of alkyl halides is 1. The smallest absolute Gasteiger partial charge is 0.248 e. The predicted molar refractivity (Wildman–Crippen MR) is 62.7 cm³/mol. The molecular weight excluding hydrogens is 286 g/mol. The Morgan fingerprint density at radius 3 is 3.06 bits per heavy atom. The van der Waals surface area contributed by atoms with E-state index in [9.17, 15) is 0 Å². The lowest BCUT2D eigenvalue weighted by Crippen LogP contribution is -2.00. The SMILES string of the molecule is CC(Br)c1cn(Cc2nc(C3CC3)no2)nn1. The second-order valence-electron chi connectivity index (χ2n) is 4.28. The number of nitrogens with zero attached hydrogens (tertiary/aromatic N) is 5. The van der Waals surface area contributed by atoms with Crippen LogP contribution in [-0.2, 0) is 6.54 Å². The van der Waals surface area contributed by atoms with Gasteiger partial charge >= 0.3 is 0 Å². The van der Waals surface area contributed by atoms with Crippen LogP contribution in [0.15, 0.2) is 10.7 Å². The maximum atomic E-state index is 5.18. The van der Waals surface area contributed by atoms with E-state index < -0.39 is 0 Å². The van der Waals surface area contributed by atoms with Gasteiger partial charge in [0.15, 0.2) is 5.82 Å². The van der Waals surface area contributed by atoms with Gasteiger partial charge in [-0.05, 0) is 19.8 Å². The van der Waals surface area contributed by atoms with Gasteiger partial charge in [-0.2, -0.15) is 4.98 Å². The van der Waals surface area contributed by atoms with Crippen LogP contribution in [0.2, 0.25) is 0 Å². The number of hydrogen-bond acceptors (Lipinski definition) is 5. The van der Waals surface area contributed by atoms with Crippen LogP contribution in [0.25, 0.3) is 0 Å². The molecule has 17 heavy (non-hydrogen) atoms. The Morgan fingerprint density at radius 2 is 2.41 bits per heavy atom. The van der Waals surface area contributed by atoms with Gasteiger partial charge < -0.3 is 4.52 Å². The molecule has 0 bridgehead atoms. The van der Waals surface area contributed by atoms with E-state index in [1.54, 1.807) is 4.68 Å². The summed E-state index contributed by atoms with van der Waals surface area (Å²) in [4.78, 5) is 4.54. The molecule has 0 saturated heterocycles. The molecule has 0 N–H and O–H groups in total. The van der Waals surface area contributed by atoms with Crippen LogP contribution in [-0.4, -0.2) is 25.1 Å². The van der Waals surface area contributed by atoms with E-state index in [0.717, 1.165) is 11.5 Å². The fourth-order valence-electron chi connectivity index (χ4n) is 1.55. The fraction of sp³-hybridized carbons (Fsp3) is 0.600. The quantitative estimate of drug-likeness (QED) is 0.808. The molecular formula is C10H12BrN5O. The standard InChI is InChI=1S/C10H12BrN5O/c1-6(11)8-4-16(15-13-8)5-9-12-10(14-17-9)7-2-3-7/h4,6-7H,2-3,5H2,1H3. The molecule has 2 aromatic rings. The first kappa shape index (κ1) is 10.9. The van der Waals surface area contributed by atoms with Gasteiger partial charge in [0.25, 0.3) is 0 Å². The summed E-state index contributed by atoms with van der Waals surface area (Å²) < 4.78 is 6.88. The molecule has 6 nitrogen and oxygen atoms in total. The lowest BCUT2D eigenvalue weighted by molar-refractivity contribution is 0.360. The molecule has 0 aliphatic heterocycles. The summed E-state index contributed by atoms with van der Waals surface area (Å²) >= 11 is 3.45. The predicted octanol–water partition coefficient (Wildman–Crippen LogP) is 2.04. The highest BCUT2D eigenvalue weighted by Gasteiger charge is 2.28. The summed E-state index contributed by atoms with van der Waals surface area (Å²) in [5.74, 6) is 1.93. The number of halogens is 1. The van der Waals surface area contributed by atoms with Gasteiger partial charge in [0.05, 0.1) is 16.7 Å². The minimum absolute atomic E-state index is 0.195. The molecule has 2 aromatic heterocycles. The van der Waals surface area contributed by atoms with Crippen LogP contribution in [0.4, 0.5) is 0 Å². The van der Waals surface area contributed by atoms with Crippen LogP contribution in [0, 0.1) is 0 Å². The zero-order chi connectivity index (χ0) is 11.8. The Labute approximate surface area is 107 Å². The molecule has 1 fully saturated rings. The van der Waals surface area contributed by atoms with Crippen molar-refractivity contribution in [3.8, 4) is 0 Å². The molecule has 2 heterocycles. The Kier molecular flexibility index (Phi) is 2.70. The first-order valence-electron chi connectivity index (χ1n) is 5.59. The van der Waals surface area contributed by atoms with Crippen molar-refractivity contribution in [3.63, 3.8) is 0 Å².